The molecule has 2 aromatic carbocycles. The number of carbonyl (C=O) groups excluding carboxylic acids is 3. The monoisotopic (exact) mass is 656 g/mol. The number of benzene rings is 2. The number of amides is 1. The van der Waals surface area contributed by atoms with E-state index in [9.17, 15) is 14.4 Å². The van der Waals surface area contributed by atoms with Crippen LogP contribution in [0.5, 0.6) is 5.75 Å². The van der Waals surface area contributed by atoms with Gasteiger partial charge in [0, 0.05) is 54.6 Å². The number of nitrogens with one attached hydrogen (secondary N) is 2. The molecule has 1 amide bonds. The summed E-state index contributed by atoms with van der Waals surface area (Å²) in [5, 5.41) is 7.23. The Morgan fingerprint density at radius 1 is 1.04 bits per heavy atom. The molecule has 0 aliphatic carbocycles. The molecule has 3 heterocycles. The van der Waals surface area contributed by atoms with Crippen LogP contribution in [0.4, 0.5) is 11.5 Å². The Balaban J connectivity index is 1.35. The van der Waals surface area contributed by atoms with Gasteiger partial charge in [-0.25, -0.2) is 9.97 Å². The summed E-state index contributed by atoms with van der Waals surface area (Å²) in [6, 6.07) is 11.5. The van der Waals surface area contributed by atoms with Gasteiger partial charge >= 0.3 is 0 Å². The first-order valence-electron chi connectivity index (χ1n) is 17.3. The Morgan fingerprint density at radius 3 is 2.44 bits per heavy atom. The van der Waals surface area contributed by atoms with Crippen LogP contribution >= 0.6 is 0 Å². The maximum Gasteiger partial charge on any atom is 0.227 e. The summed E-state index contributed by atoms with van der Waals surface area (Å²) in [6.45, 7) is 10.5. The average molecular weight is 657 g/mol. The number of nitrogens with zero attached hydrogens (tertiary/aromatic N) is 4. The van der Waals surface area contributed by atoms with Gasteiger partial charge in [0.15, 0.2) is 5.78 Å². The van der Waals surface area contributed by atoms with Crippen molar-refractivity contribution in [2.24, 2.45) is 11.3 Å². The Morgan fingerprint density at radius 2 is 1.77 bits per heavy atom. The molecule has 0 bridgehead atoms. The van der Waals surface area contributed by atoms with Crippen LogP contribution in [0.3, 0.4) is 0 Å². The molecule has 2 N–H and O–H groups in total. The molecule has 2 saturated heterocycles. The molecular weight excluding hydrogens is 604 g/mol. The van der Waals surface area contributed by atoms with Crippen molar-refractivity contribution in [2.45, 2.75) is 84.2 Å². The number of methoxy groups -OCH3 is 1. The maximum absolute atomic E-state index is 14.0. The van der Waals surface area contributed by atoms with Crippen LogP contribution in [0.15, 0.2) is 42.7 Å². The number of rotatable bonds is 12. The van der Waals surface area contributed by atoms with Gasteiger partial charge in [0.2, 0.25) is 5.91 Å². The Labute approximate surface area is 285 Å². The number of piperidine rings is 1. The lowest BCUT2D eigenvalue weighted by molar-refractivity contribution is -0.145. The van der Waals surface area contributed by atoms with E-state index in [0.717, 1.165) is 30.6 Å². The summed E-state index contributed by atoms with van der Waals surface area (Å²) in [6.07, 6.45) is 5.52. The highest BCUT2D eigenvalue weighted by Crippen LogP contribution is 2.35. The fourth-order valence-corrected chi connectivity index (χ4v) is 7.14. The lowest BCUT2D eigenvalue weighted by Crippen LogP contribution is -2.48. The number of anilines is 2. The van der Waals surface area contributed by atoms with E-state index in [2.05, 4.69) is 56.8 Å². The number of likely N-dealkylation sites (N-methyl/N-ethyl adjacent to an activating group) is 2. The van der Waals surface area contributed by atoms with Gasteiger partial charge in [-0.1, -0.05) is 32.9 Å². The van der Waals surface area contributed by atoms with Crippen LogP contribution in [-0.2, 0) is 20.8 Å². The lowest BCUT2D eigenvalue weighted by Gasteiger charge is -2.35. The second-order valence-electron chi connectivity index (χ2n) is 14.7. The van der Waals surface area contributed by atoms with E-state index < -0.39 is 17.4 Å². The molecule has 10 heteroatoms. The number of likely N-dealkylation sites (tertiary alicyclic amines) is 2. The minimum Gasteiger partial charge on any atom is -0.496 e. The van der Waals surface area contributed by atoms with Gasteiger partial charge in [-0.15, -0.1) is 0 Å². The Kier molecular flexibility index (Phi) is 11.2. The van der Waals surface area contributed by atoms with E-state index in [4.69, 9.17) is 4.74 Å². The van der Waals surface area contributed by atoms with Crippen molar-refractivity contribution in [3.05, 3.63) is 53.9 Å². The summed E-state index contributed by atoms with van der Waals surface area (Å²) >= 11 is 0. The smallest absolute Gasteiger partial charge is 0.227 e. The summed E-state index contributed by atoms with van der Waals surface area (Å²) in [5.41, 5.74) is 3.25. The van der Waals surface area contributed by atoms with E-state index in [0.29, 0.717) is 41.5 Å². The molecule has 48 heavy (non-hydrogen) atoms. The molecule has 10 nitrogen and oxygen atoms in total. The van der Waals surface area contributed by atoms with Gasteiger partial charge in [0.05, 0.1) is 24.7 Å². The van der Waals surface area contributed by atoms with Crippen LogP contribution in [0.25, 0.3) is 10.9 Å². The minimum atomic E-state index is -0.549. The molecule has 258 valence electrons. The highest BCUT2D eigenvalue weighted by Gasteiger charge is 2.42. The van der Waals surface area contributed by atoms with Gasteiger partial charge in [0.1, 0.15) is 23.7 Å². The fraction of sp³-hybridized carbons (Fsp3) is 0.553. The highest BCUT2D eigenvalue weighted by molar-refractivity contribution is 5.96. The maximum atomic E-state index is 14.0. The third kappa shape index (κ3) is 8.04. The second-order valence-corrected chi connectivity index (χ2v) is 14.7. The molecule has 0 spiro atoms. The normalized spacial score (nSPS) is 20.0. The highest BCUT2D eigenvalue weighted by atomic mass is 16.5. The zero-order chi connectivity index (χ0) is 34.6. The quantitative estimate of drug-likeness (QED) is 0.260. The minimum absolute atomic E-state index is 0.00613. The van der Waals surface area contributed by atoms with E-state index in [1.54, 1.807) is 19.1 Å². The van der Waals surface area contributed by atoms with Crippen molar-refractivity contribution in [2.75, 3.05) is 46.2 Å². The lowest BCUT2D eigenvalue weighted by atomic mass is 9.76. The number of hydrogen-bond donors (Lipinski definition) is 2. The number of ether oxygens (including phenoxy) is 1. The van der Waals surface area contributed by atoms with E-state index in [-0.39, 0.29) is 36.4 Å². The largest absolute Gasteiger partial charge is 0.496 e. The molecule has 4 atom stereocenters. The average Bonchev–Trinajstić information content (AvgIpc) is 3.57. The summed E-state index contributed by atoms with van der Waals surface area (Å²) in [7, 11) is 5.51. The summed E-state index contributed by atoms with van der Waals surface area (Å²) in [4.78, 5) is 54.0. The van der Waals surface area contributed by atoms with Crippen molar-refractivity contribution in [1.29, 1.82) is 0 Å². The van der Waals surface area contributed by atoms with Gasteiger partial charge in [-0.2, -0.15) is 0 Å². The van der Waals surface area contributed by atoms with Crippen molar-refractivity contribution < 1.29 is 19.1 Å². The van der Waals surface area contributed by atoms with E-state index >= 15 is 0 Å². The van der Waals surface area contributed by atoms with Gasteiger partial charge in [-0.3, -0.25) is 14.4 Å². The molecule has 5 rings (SSSR count). The predicted molar refractivity (Wildman–Crippen MR) is 190 cm³/mol. The molecule has 3 aromatic rings. The number of hydrogen-bond acceptors (Lipinski definition) is 9. The first-order valence-corrected chi connectivity index (χ1v) is 17.3. The number of ketones is 2. The Hall–Kier alpha value is -3.89. The van der Waals surface area contributed by atoms with Crippen LogP contribution in [0, 0.1) is 11.3 Å². The molecule has 0 radical (unpaired) electrons. The molecule has 2 aliphatic rings. The van der Waals surface area contributed by atoms with Crippen LogP contribution in [0.1, 0.15) is 76.8 Å². The third-order valence-electron chi connectivity index (χ3n) is 10.2. The molecular formula is C38H52N6O4. The Bertz CT molecular complexity index is 1620. The molecule has 0 saturated carbocycles. The first kappa shape index (κ1) is 35.4. The van der Waals surface area contributed by atoms with Gasteiger partial charge in [0.25, 0.3) is 0 Å². The van der Waals surface area contributed by atoms with Crippen molar-refractivity contribution in [3.8, 4) is 5.75 Å². The first-order chi connectivity index (χ1) is 22.9. The standard InChI is InChI=1S/C38H52N6O4/c1-24(39-5)33(45)20-30(38(2,3)4)37(47)44-17-9-11-32(44)34(46)19-27-18-29-31(21-35(27)48-7)40-23-41-36(29)42-28-14-12-25(13-15-28)26-10-8-16-43(6)22-26/h12-15,18,21,23-24,26,30,32,39H,8-11,16-17,19-20,22H2,1-7H3,(H,40,41,42)/t24-,26?,30+,32-/m0/s1. The van der Waals surface area contributed by atoms with Crippen LogP contribution < -0.4 is 15.4 Å². The number of fused-ring (bicyclic) bond motifs is 1. The number of carbonyl (C=O) groups is 3. The summed E-state index contributed by atoms with van der Waals surface area (Å²) in [5.74, 6) is 1.06. The molecule has 2 fully saturated rings. The zero-order valence-corrected chi connectivity index (χ0v) is 29.6. The predicted octanol–water partition coefficient (Wildman–Crippen LogP) is 5.52. The number of Topliss-reactive ketones (excluding diaryl/α,β-unsaturated/α-hetero) is 2. The van der Waals surface area contributed by atoms with Crippen molar-refractivity contribution >= 4 is 39.9 Å². The van der Waals surface area contributed by atoms with Crippen LogP contribution in [-0.4, -0.2) is 90.2 Å². The van der Waals surface area contributed by atoms with Crippen molar-refractivity contribution in [3.63, 3.8) is 0 Å². The SMILES string of the molecule is CN[C@@H](C)C(=O)C[C@H](C(=O)N1CCC[C@H]1C(=O)Cc1cc2c(Nc3ccc(C4CCCN(C)C4)cc3)ncnc2cc1OC)C(C)(C)C. The summed E-state index contributed by atoms with van der Waals surface area (Å²) < 4.78 is 5.73. The van der Waals surface area contributed by atoms with E-state index in [1.807, 2.05) is 39.8 Å². The molecule has 1 aromatic heterocycles. The van der Waals surface area contributed by atoms with Crippen molar-refractivity contribution in [1.82, 2.24) is 25.1 Å². The fourth-order valence-electron chi connectivity index (χ4n) is 7.14. The third-order valence-corrected chi connectivity index (χ3v) is 10.2. The van der Waals surface area contributed by atoms with Gasteiger partial charge in [-0.05, 0) is 88.3 Å². The topological polar surface area (TPSA) is 117 Å². The molecule has 1 unspecified atom stereocenters. The zero-order valence-electron chi connectivity index (χ0n) is 29.6. The second kappa shape index (κ2) is 15.1. The van der Waals surface area contributed by atoms with E-state index in [1.165, 1.54) is 24.7 Å². The van der Waals surface area contributed by atoms with Gasteiger partial charge < -0.3 is 25.2 Å². The number of aromatic nitrogens is 2. The van der Waals surface area contributed by atoms with Crippen LogP contribution in [0.2, 0.25) is 0 Å². The molecule has 2 aliphatic heterocycles.